The van der Waals surface area contributed by atoms with Crippen molar-refractivity contribution in [1.82, 2.24) is 5.32 Å². The third kappa shape index (κ3) is 3.42. The number of amides is 1. The molecule has 0 atom stereocenters. The van der Waals surface area contributed by atoms with E-state index in [2.05, 4.69) is 10.2 Å². The lowest BCUT2D eigenvalue weighted by Gasteiger charge is -2.11. The Hall–Kier alpha value is -1.10. The van der Waals surface area contributed by atoms with E-state index >= 15 is 0 Å². The van der Waals surface area contributed by atoms with Gasteiger partial charge in [-0.25, -0.2) is 0 Å². The van der Waals surface area contributed by atoms with Gasteiger partial charge in [-0.2, -0.15) is 0 Å². The van der Waals surface area contributed by atoms with Crippen molar-refractivity contribution in [1.29, 1.82) is 0 Å². The van der Waals surface area contributed by atoms with Crippen LogP contribution in [0.2, 0.25) is 6.32 Å². The average molecular weight is 180 g/mol. The van der Waals surface area contributed by atoms with Crippen molar-refractivity contribution in [3.05, 3.63) is 11.8 Å². The van der Waals surface area contributed by atoms with Crippen molar-refractivity contribution >= 4 is 19.2 Å². The summed E-state index contributed by atoms with van der Waals surface area (Å²) in [5, 5.41) is 2.66. The predicted octanol–water partition coefficient (Wildman–Crippen LogP) is 0.615. The van der Waals surface area contributed by atoms with Gasteiger partial charge in [-0.05, 0) is 13.2 Å². The topological polar surface area (TPSA) is 50.7 Å². The van der Waals surface area contributed by atoms with Crippen molar-refractivity contribution in [2.75, 3.05) is 6.61 Å². The van der Waals surface area contributed by atoms with E-state index in [4.69, 9.17) is 4.65 Å². The summed E-state index contributed by atoms with van der Waals surface area (Å²) in [6, 6.07) is 0. The zero-order chi connectivity index (χ0) is 9.68. The van der Waals surface area contributed by atoms with E-state index < -0.39 is 0 Å². The Kier molecular flexibility index (Phi) is 3.70. The Bertz CT molecular complexity index is 251. The second-order valence-corrected chi connectivity index (χ2v) is 2.76. The highest BCUT2D eigenvalue weighted by Crippen LogP contribution is 2.05. The summed E-state index contributed by atoms with van der Waals surface area (Å²) in [6.45, 7) is 4.07. The van der Waals surface area contributed by atoms with Gasteiger partial charge >= 0.3 is 7.05 Å². The largest absolute Gasteiger partial charge is 0.438 e. The third-order valence-electron chi connectivity index (χ3n) is 1.60. The maximum atomic E-state index is 10.7. The first-order valence-corrected chi connectivity index (χ1v) is 4.35. The monoisotopic (exact) mass is 180 g/mol. The Morgan fingerprint density at radius 2 is 2.62 bits per heavy atom. The van der Waals surface area contributed by atoms with E-state index in [1.165, 1.54) is 6.92 Å². The van der Waals surface area contributed by atoms with Crippen LogP contribution < -0.4 is 5.32 Å². The maximum absolute atomic E-state index is 10.7. The molecule has 5 heteroatoms. The van der Waals surface area contributed by atoms with Crippen molar-refractivity contribution in [2.45, 2.75) is 20.2 Å². The van der Waals surface area contributed by atoms with Gasteiger partial charge in [-0.15, -0.1) is 0 Å². The van der Waals surface area contributed by atoms with E-state index in [9.17, 15) is 4.79 Å². The van der Waals surface area contributed by atoms with Crippen LogP contribution in [0.5, 0.6) is 0 Å². The van der Waals surface area contributed by atoms with Gasteiger partial charge in [0.2, 0.25) is 5.91 Å². The molecule has 1 N–H and O–H groups in total. The maximum Gasteiger partial charge on any atom is 0.438 e. The highest BCUT2D eigenvalue weighted by atomic mass is 16.4. The second kappa shape index (κ2) is 4.82. The number of carbonyl (C=O) groups excluding carboxylic acids is 1. The molecule has 1 aliphatic rings. The minimum Gasteiger partial charge on any atom is -0.416 e. The van der Waals surface area contributed by atoms with Gasteiger partial charge in [0.15, 0.2) is 0 Å². The molecule has 0 saturated heterocycles. The van der Waals surface area contributed by atoms with Crippen LogP contribution in [0.15, 0.2) is 16.7 Å². The predicted molar refractivity (Wildman–Crippen MR) is 52.6 cm³/mol. The third-order valence-corrected chi connectivity index (χ3v) is 1.60. The molecule has 0 saturated carbocycles. The first kappa shape index (κ1) is 9.99. The van der Waals surface area contributed by atoms with Crippen LogP contribution in [0.4, 0.5) is 0 Å². The van der Waals surface area contributed by atoms with Gasteiger partial charge in [0, 0.05) is 19.7 Å². The lowest BCUT2D eigenvalue weighted by Crippen LogP contribution is -2.25. The minimum atomic E-state index is -0.0810. The fourth-order valence-electron chi connectivity index (χ4n) is 1.09. The summed E-state index contributed by atoms with van der Waals surface area (Å²) in [5.74, 6) is -0.0763. The molecule has 0 spiro atoms. The molecule has 70 valence electrons. The second-order valence-electron chi connectivity index (χ2n) is 2.76. The molecule has 0 aromatic heterocycles. The highest BCUT2D eigenvalue weighted by Gasteiger charge is 2.16. The molecule has 0 bridgehead atoms. The van der Waals surface area contributed by atoms with Crippen molar-refractivity contribution in [3.8, 4) is 0 Å². The number of rotatable bonds is 3. The molecule has 1 amide bonds. The summed E-state index contributed by atoms with van der Waals surface area (Å²) < 4.78 is 5.28. The van der Waals surface area contributed by atoms with Gasteiger partial charge < -0.3 is 14.9 Å². The standard InChI is InChI=1S/C8H13BN2O2/c1-3-13-9-5-4-8(6-10-9)11-7(2)12/h4,6H,3,5H2,1-2H3,(H,11,12). The molecule has 0 radical (unpaired) electrons. The first-order valence-electron chi connectivity index (χ1n) is 4.35. The number of allylic oxidation sites excluding steroid dienone is 2. The van der Waals surface area contributed by atoms with E-state index in [0.29, 0.717) is 6.61 Å². The van der Waals surface area contributed by atoms with Crippen LogP contribution >= 0.6 is 0 Å². The van der Waals surface area contributed by atoms with Crippen LogP contribution in [0.3, 0.4) is 0 Å². The van der Waals surface area contributed by atoms with Crippen molar-refractivity contribution in [2.24, 2.45) is 4.90 Å². The van der Waals surface area contributed by atoms with Crippen LogP contribution in [0.25, 0.3) is 0 Å². The summed E-state index contributed by atoms with van der Waals surface area (Å²) in [5.41, 5.74) is 0.753. The van der Waals surface area contributed by atoms with Crippen LogP contribution in [0, 0.1) is 0 Å². The molecule has 0 fully saturated rings. The number of hydrogen-bond donors (Lipinski definition) is 1. The van der Waals surface area contributed by atoms with Crippen LogP contribution in [-0.4, -0.2) is 25.8 Å². The summed E-state index contributed by atoms with van der Waals surface area (Å²) in [4.78, 5) is 14.8. The molecule has 0 aromatic carbocycles. The Balaban J connectivity index is 2.40. The SMILES string of the molecule is CCOB1CC=C(NC(C)=O)C=N1. The number of nitrogens with zero attached hydrogens (tertiary/aromatic N) is 1. The molecule has 13 heavy (non-hydrogen) atoms. The summed E-state index contributed by atoms with van der Waals surface area (Å²) >= 11 is 0. The van der Waals surface area contributed by atoms with E-state index in [0.717, 1.165) is 12.0 Å². The highest BCUT2D eigenvalue weighted by molar-refractivity contribution is 6.52. The Morgan fingerprint density at radius 3 is 3.08 bits per heavy atom. The Labute approximate surface area is 78.2 Å². The van der Waals surface area contributed by atoms with E-state index in [-0.39, 0.29) is 13.0 Å². The van der Waals surface area contributed by atoms with Gasteiger partial charge in [-0.3, -0.25) is 4.79 Å². The van der Waals surface area contributed by atoms with Gasteiger partial charge in [0.25, 0.3) is 0 Å². The molecule has 0 aliphatic carbocycles. The average Bonchev–Trinajstić information content (AvgIpc) is 2.08. The van der Waals surface area contributed by atoms with Crippen molar-refractivity contribution < 1.29 is 9.45 Å². The number of nitrogens with one attached hydrogen (secondary N) is 1. The molecule has 4 nitrogen and oxygen atoms in total. The lowest BCUT2D eigenvalue weighted by atomic mass is 9.77. The fraction of sp³-hybridized carbons (Fsp3) is 0.500. The van der Waals surface area contributed by atoms with Crippen LogP contribution in [0.1, 0.15) is 13.8 Å². The van der Waals surface area contributed by atoms with Crippen LogP contribution in [-0.2, 0) is 9.45 Å². The smallest absolute Gasteiger partial charge is 0.416 e. The minimum absolute atomic E-state index is 0.0763. The summed E-state index contributed by atoms with van der Waals surface area (Å²) in [6.07, 6.45) is 4.26. The molecule has 1 aliphatic heterocycles. The molecule has 0 unspecified atom stereocenters. The summed E-state index contributed by atoms with van der Waals surface area (Å²) in [7, 11) is -0.0810. The van der Waals surface area contributed by atoms with E-state index in [1.54, 1.807) is 6.21 Å². The van der Waals surface area contributed by atoms with Gasteiger partial charge in [-0.1, -0.05) is 6.08 Å². The molecular weight excluding hydrogens is 167 g/mol. The number of hydrogen-bond acceptors (Lipinski definition) is 3. The molecular formula is C8H13BN2O2. The van der Waals surface area contributed by atoms with E-state index in [1.807, 2.05) is 13.0 Å². The fourth-order valence-corrected chi connectivity index (χ4v) is 1.09. The molecule has 1 heterocycles. The zero-order valence-electron chi connectivity index (χ0n) is 7.91. The lowest BCUT2D eigenvalue weighted by molar-refractivity contribution is -0.118. The molecule has 0 aromatic rings. The first-order chi connectivity index (χ1) is 6.22. The van der Waals surface area contributed by atoms with Crippen molar-refractivity contribution in [3.63, 3.8) is 0 Å². The van der Waals surface area contributed by atoms with Gasteiger partial charge in [0.05, 0.1) is 5.70 Å². The molecule has 1 rings (SSSR count). The zero-order valence-corrected chi connectivity index (χ0v) is 7.91. The quantitative estimate of drug-likeness (QED) is 0.647. The number of carbonyl (C=O) groups is 1. The normalized spacial score (nSPS) is 15.5. The van der Waals surface area contributed by atoms with Gasteiger partial charge in [0.1, 0.15) is 0 Å². The Morgan fingerprint density at radius 1 is 1.85 bits per heavy atom.